The van der Waals surface area contributed by atoms with E-state index in [2.05, 4.69) is 18.4 Å². The third kappa shape index (κ3) is 14.7. The Balaban J connectivity index is 3.12. The van der Waals surface area contributed by atoms with Gasteiger partial charge in [-0.15, -0.1) is 0 Å². The van der Waals surface area contributed by atoms with E-state index in [0.717, 1.165) is 0 Å². The predicted molar refractivity (Wildman–Crippen MR) is 89.2 cm³/mol. The van der Waals surface area contributed by atoms with E-state index in [4.69, 9.17) is 0 Å². The van der Waals surface area contributed by atoms with Crippen molar-refractivity contribution in [1.29, 1.82) is 0 Å². The Morgan fingerprint density at radius 2 is 0.889 bits per heavy atom. The van der Waals surface area contributed by atoms with Gasteiger partial charge in [-0.1, -0.05) is 0 Å². The summed E-state index contributed by atoms with van der Waals surface area (Å²) in [5, 5.41) is 0. The zero-order valence-electron chi connectivity index (χ0n) is 13.1. The van der Waals surface area contributed by atoms with Crippen LogP contribution in [0.4, 0.5) is 0 Å². The van der Waals surface area contributed by atoms with Crippen LogP contribution in [0, 0.1) is 0 Å². The molecule has 0 nitrogen and oxygen atoms in total. The summed E-state index contributed by atoms with van der Waals surface area (Å²) < 4.78 is 7.62. The standard InChI is InChI=1S/2C8H17.CH2.Sn/c2*1-3-5-7-8-6-4-2;;/h2*1,3-8H2,2H3;1H2;. The summed E-state index contributed by atoms with van der Waals surface area (Å²) in [7, 11) is 0. The Kier molecular flexibility index (Phi) is 16.3. The normalized spacial score (nSPS) is 10.8. The summed E-state index contributed by atoms with van der Waals surface area (Å²) in [4.78, 5) is 0. The van der Waals surface area contributed by atoms with E-state index in [1.54, 1.807) is 8.87 Å². The van der Waals surface area contributed by atoms with Gasteiger partial charge in [-0.25, -0.2) is 0 Å². The number of unbranched alkanes of at least 4 members (excludes halogenated alkanes) is 10. The SMILES string of the molecule is [CH2]=[Sn]([CH2]CCCCCCC)[CH2]CCCCCCC. The molecule has 0 amide bonds. The third-order valence-electron chi connectivity index (χ3n) is 3.77. The quantitative estimate of drug-likeness (QED) is 0.255. The van der Waals surface area contributed by atoms with Gasteiger partial charge >= 0.3 is 124 Å². The molecule has 0 unspecified atom stereocenters. The van der Waals surface area contributed by atoms with Crippen LogP contribution in [0.3, 0.4) is 0 Å². The summed E-state index contributed by atoms with van der Waals surface area (Å²) in [6.07, 6.45) is 17.4. The van der Waals surface area contributed by atoms with Crippen molar-refractivity contribution in [2.45, 2.75) is 99.8 Å². The van der Waals surface area contributed by atoms with Crippen molar-refractivity contribution in [2.75, 3.05) is 0 Å². The van der Waals surface area contributed by atoms with Gasteiger partial charge in [-0.05, 0) is 0 Å². The first-order valence-corrected chi connectivity index (χ1v) is 14.5. The van der Waals surface area contributed by atoms with Gasteiger partial charge < -0.3 is 0 Å². The molecule has 0 aliphatic rings. The second-order valence-electron chi connectivity index (χ2n) is 5.79. The molecule has 18 heavy (non-hydrogen) atoms. The zero-order valence-corrected chi connectivity index (χ0v) is 16.0. The zero-order chi connectivity index (χ0) is 13.5. The van der Waals surface area contributed by atoms with Crippen molar-refractivity contribution < 1.29 is 0 Å². The van der Waals surface area contributed by atoms with Crippen LogP contribution in [-0.2, 0) is 0 Å². The maximum absolute atomic E-state index is 4.50. The van der Waals surface area contributed by atoms with E-state index in [1.165, 1.54) is 77.0 Å². The van der Waals surface area contributed by atoms with Crippen LogP contribution in [0.15, 0.2) is 0 Å². The summed E-state index contributed by atoms with van der Waals surface area (Å²) >= 11 is -1.11. The Hall–Kier alpha value is 0.669. The van der Waals surface area contributed by atoms with E-state index in [1.807, 2.05) is 0 Å². The first-order chi connectivity index (χ1) is 8.81. The fourth-order valence-electron chi connectivity index (χ4n) is 2.44. The van der Waals surface area contributed by atoms with Crippen LogP contribution < -0.4 is 0 Å². The van der Waals surface area contributed by atoms with E-state index in [-0.39, 0.29) is 0 Å². The predicted octanol–water partition coefficient (Wildman–Crippen LogP) is 6.22. The molecule has 0 N–H and O–H groups in total. The number of hydrogen-bond donors (Lipinski definition) is 0. The molecule has 0 aliphatic heterocycles. The molecule has 0 aromatic carbocycles. The molecule has 0 bridgehead atoms. The number of hydrogen-bond acceptors (Lipinski definition) is 0. The second kappa shape index (κ2) is 15.7. The van der Waals surface area contributed by atoms with Crippen LogP contribution in [0.5, 0.6) is 0 Å². The summed E-state index contributed by atoms with van der Waals surface area (Å²) in [5.41, 5.74) is 0. The van der Waals surface area contributed by atoms with Gasteiger partial charge in [-0.2, -0.15) is 0 Å². The van der Waals surface area contributed by atoms with E-state index < -0.39 is 19.3 Å². The maximum atomic E-state index is 4.50. The fourth-order valence-corrected chi connectivity index (χ4v) is 7.43. The van der Waals surface area contributed by atoms with E-state index >= 15 is 0 Å². The molecule has 0 heterocycles. The van der Waals surface area contributed by atoms with Crippen molar-refractivity contribution >= 4 is 23.8 Å². The summed E-state index contributed by atoms with van der Waals surface area (Å²) in [6, 6.07) is 0. The Labute approximate surface area is 123 Å². The Bertz CT molecular complexity index is 156. The topological polar surface area (TPSA) is 0 Å². The van der Waals surface area contributed by atoms with E-state index in [9.17, 15) is 0 Å². The fraction of sp³-hybridized carbons (Fsp3) is 0.941. The van der Waals surface area contributed by atoms with Crippen LogP contribution in [0.1, 0.15) is 90.9 Å². The molecule has 0 radical (unpaired) electrons. The van der Waals surface area contributed by atoms with Gasteiger partial charge in [-0.3, -0.25) is 0 Å². The van der Waals surface area contributed by atoms with Gasteiger partial charge in [0, 0.05) is 0 Å². The van der Waals surface area contributed by atoms with Crippen molar-refractivity contribution in [2.24, 2.45) is 0 Å². The molecule has 0 fully saturated rings. The van der Waals surface area contributed by atoms with Gasteiger partial charge in [0.1, 0.15) is 0 Å². The molecular formula is C17H36Sn. The minimum atomic E-state index is -1.11. The molecule has 0 aliphatic carbocycles. The van der Waals surface area contributed by atoms with Crippen LogP contribution in [0.25, 0.3) is 0 Å². The van der Waals surface area contributed by atoms with Crippen LogP contribution >= 0.6 is 0 Å². The van der Waals surface area contributed by atoms with Crippen molar-refractivity contribution in [3.8, 4) is 0 Å². The average molecular weight is 359 g/mol. The Morgan fingerprint density at radius 3 is 1.28 bits per heavy atom. The molecule has 0 aromatic rings. The molecule has 0 aromatic heterocycles. The van der Waals surface area contributed by atoms with Crippen molar-refractivity contribution in [3.05, 3.63) is 0 Å². The average Bonchev–Trinajstić information content (AvgIpc) is 2.38. The van der Waals surface area contributed by atoms with Gasteiger partial charge in [0.05, 0.1) is 0 Å². The van der Waals surface area contributed by atoms with Gasteiger partial charge in [0.25, 0.3) is 0 Å². The molecule has 0 rings (SSSR count). The molecule has 0 saturated heterocycles. The van der Waals surface area contributed by atoms with E-state index in [0.29, 0.717) is 0 Å². The van der Waals surface area contributed by atoms with Crippen molar-refractivity contribution in [3.63, 3.8) is 0 Å². The molecule has 0 atom stereocenters. The monoisotopic (exact) mass is 360 g/mol. The second-order valence-corrected chi connectivity index (χ2v) is 12.9. The van der Waals surface area contributed by atoms with Gasteiger partial charge in [0.2, 0.25) is 0 Å². The Morgan fingerprint density at radius 1 is 0.556 bits per heavy atom. The summed E-state index contributed by atoms with van der Waals surface area (Å²) in [6.45, 7) is 4.59. The first kappa shape index (κ1) is 18.7. The first-order valence-electron chi connectivity index (χ1n) is 8.47. The van der Waals surface area contributed by atoms with Gasteiger partial charge in [0.15, 0.2) is 0 Å². The summed E-state index contributed by atoms with van der Waals surface area (Å²) in [5.74, 6) is 0. The molecule has 108 valence electrons. The molecule has 1 heteroatoms. The molecule has 0 spiro atoms. The molecular weight excluding hydrogens is 323 g/mol. The number of rotatable bonds is 14. The van der Waals surface area contributed by atoms with Crippen LogP contribution in [-0.4, -0.2) is 23.8 Å². The van der Waals surface area contributed by atoms with Crippen LogP contribution in [0.2, 0.25) is 8.87 Å². The van der Waals surface area contributed by atoms with Crippen molar-refractivity contribution in [1.82, 2.24) is 0 Å². The minimum absolute atomic E-state index is 1.11. The molecule has 0 saturated carbocycles. The third-order valence-corrected chi connectivity index (χ3v) is 9.82.